The van der Waals surface area contributed by atoms with Gasteiger partial charge in [-0.2, -0.15) is 0 Å². The molecule has 0 bridgehead atoms. The maximum atomic E-state index is 5.23. The summed E-state index contributed by atoms with van der Waals surface area (Å²) in [6.45, 7) is 20.7. The molecule has 0 amide bonds. The lowest BCUT2D eigenvalue weighted by Crippen LogP contribution is -2.40. The molecule has 0 aromatic carbocycles. The Bertz CT molecular complexity index is 295. The first-order chi connectivity index (χ1) is 9.68. The first-order valence-corrected chi connectivity index (χ1v) is 11.5. The van der Waals surface area contributed by atoms with Gasteiger partial charge in [-0.05, 0) is 11.5 Å². The SMILES string of the molecule is C=C(C[Si](C)(C)CC)C(C)(C)CN(CCOC)CCOC. The summed E-state index contributed by atoms with van der Waals surface area (Å²) in [5, 5.41) is 0. The minimum atomic E-state index is -1.12. The molecular formula is C17H37NO2Si. The van der Waals surface area contributed by atoms with Gasteiger partial charge in [0.25, 0.3) is 0 Å². The van der Waals surface area contributed by atoms with Crippen molar-refractivity contribution in [3.63, 3.8) is 0 Å². The van der Waals surface area contributed by atoms with Crippen molar-refractivity contribution in [1.82, 2.24) is 4.90 Å². The van der Waals surface area contributed by atoms with Crippen molar-refractivity contribution in [2.75, 3.05) is 47.1 Å². The third-order valence-corrected chi connectivity index (χ3v) is 7.75. The minimum Gasteiger partial charge on any atom is -0.383 e. The second kappa shape index (κ2) is 9.77. The van der Waals surface area contributed by atoms with Gasteiger partial charge >= 0.3 is 0 Å². The minimum absolute atomic E-state index is 0.140. The molecule has 0 aliphatic heterocycles. The van der Waals surface area contributed by atoms with Crippen LogP contribution in [-0.4, -0.2) is 60.0 Å². The molecule has 0 aliphatic rings. The average Bonchev–Trinajstić information content (AvgIpc) is 2.41. The van der Waals surface area contributed by atoms with Gasteiger partial charge in [-0.25, -0.2) is 0 Å². The van der Waals surface area contributed by atoms with Crippen LogP contribution in [0, 0.1) is 5.41 Å². The first kappa shape index (κ1) is 20.8. The van der Waals surface area contributed by atoms with Crippen molar-refractivity contribution >= 4 is 8.07 Å². The zero-order valence-electron chi connectivity index (χ0n) is 15.4. The number of methoxy groups -OCH3 is 2. The van der Waals surface area contributed by atoms with Crippen molar-refractivity contribution in [2.45, 2.75) is 46.0 Å². The van der Waals surface area contributed by atoms with Gasteiger partial charge in [-0.15, -0.1) is 0 Å². The Morgan fingerprint density at radius 2 is 1.57 bits per heavy atom. The van der Waals surface area contributed by atoms with Gasteiger partial charge in [-0.3, -0.25) is 4.90 Å². The summed E-state index contributed by atoms with van der Waals surface area (Å²) in [7, 11) is 2.40. The Labute approximate surface area is 133 Å². The van der Waals surface area contributed by atoms with E-state index in [1.807, 2.05) is 0 Å². The fraction of sp³-hybridized carbons (Fsp3) is 0.882. The van der Waals surface area contributed by atoms with E-state index in [-0.39, 0.29) is 5.41 Å². The van der Waals surface area contributed by atoms with Crippen LogP contribution in [-0.2, 0) is 9.47 Å². The van der Waals surface area contributed by atoms with Crippen LogP contribution in [0.15, 0.2) is 12.2 Å². The Morgan fingerprint density at radius 3 is 1.95 bits per heavy atom. The van der Waals surface area contributed by atoms with Crippen molar-refractivity contribution in [3.05, 3.63) is 12.2 Å². The summed E-state index contributed by atoms with van der Waals surface area (Å²) in [5.41, 5.74) is 1.54. The van der Waals surface area contributed by atoms with Crippen LogP contribution in [0.25, 0.3) is 0 Å². The summed E-state index contributed by atoms with van der Waals surface area (Å²) < 4.78 is 10.5. The molecule has 0 saturated carbocycles. The predicted molar refractivity (Wildman–Crippen MR) is 95.9 cm³/mol. The van der Waals surface area contributed by atoms with Crippen LogP contribution in [0.2, 0.25) is 25.2 Å². The highest BCUT2D eigenvalue weighted by atomic mass is 28.3. The van der Waals surface area contributed by atoms with Crippen LogP contribution in [0.4, 0.5) is 0 Å². The number of rotatable bonds is 12. The topological polar surface area (TPSA) is 21.7 Å². The molecule has 0 spiro atoms. The van der Waals surface area contributed by atoms with Crippen molar-refractivity contribution in [2.24, 2.45) is 5.41 Å². The molecule has 21 heavy (non-hydrogen) atoms. The highest BCUT2D eigenvalue weighted by molar-refractivity contribution is 6.77. The largest absolute Gasteiger partial charge is 0.383 e. The first-order valence-electron chi connectivity index (χ1n) is 8.07. The molecule has 0 rings (SSSR count). The Balaban J connectivity index is 4.65. The molecule has 0 aromatic heterocycles. The standard InChI is InChI=1S/C17H37NO2Si/c1-9-21(7,8)14-16(2)17(3,4)15-18(10-12-19-5)11-13-20-6/h2,9-15H2,1,3-8H3. The lowest BCUT2D eigenvalue weighted by Gasteiger charge is -2.36. The summed E-state index contributed by atoms with van der Waals surface area (Å²) in [6, 6.07) is 2.54. The zero-order valence-corrected chi connectivity index (χ0v) is 16.4. The number of hydrogen-bond acceptors (Lipinski definition) is 3. The van der Waals surface area contributed by atoms with E-state index in [1.54, 1.807) is 14.2 Å². The van der Waals surface area contributed by atoms with Gasteiger partial charge < -0.3 is 9.47 Å². The zero-order chi connectivity index (χ0) is 16.5. The molecule has 3 nitrogen and oxygen atoms in total. The molecule has 0 fully saturated rings. The molecule has 0 saturated heterocycles. The van der Waals surface area contributed by atoms with Crippen LogP contribution in [0.5, 0.6) is 0 Å². The molecule has 0 unspecified atom stereocenters. The maximum absolute atomic E-state index is 5.23. The molecule has 0 aromatic rings. The second-order valence-electron chi connectivity index (χ2n) is 7.44. The van der Waals surface area contributed by atoms with Gasteiger partial charge in [0.1, 0.15) is 0 Å². The summed E-state index contributed by atoms with van der Waals surface area (Å²) in [6.07, 6.45) is 0. The van der Waals surface area contributed by atoms with Crippen LogP contribution < -0.4 is 0 Å². The Kier molecular flexibility index (Phi) is 9.70. The third-order valence-electron chi connectivity index (χ3n) is 4.45. The van der Waals surface area contributed by atoms with E-state index in [0.717, 1.165) is 32.8 Å². The van der Waals surface area contributed by atoms with E-state index in [4.69, 9.17) is 9.47 Å². The molecule has 0 atom stereocenters. The smallest absolute Gasteiger partial charge is 0.0589 e. The quantitative estimate of drug-likeness (QED) is 0.403. The van der Waals surface area contributed by atoms with Crippen LogP contribution >= 0.6 is 0 Å². The van der Waals surface area contributed by atoms with E-state index in [9.17, 15) is 0 Å². The van der Waals surface area contributed by atoms with Crippen molar-refractivity contribution in [3.8, 4) is 0 Å². The average molecular weight is 316 g/mol. The van der Waals surface area contributed by atoms with E-state index in [1.165, 1.54) is 17.7 Å². The van der Waals surface area contributed by atoms with Gasteiger partial charge in [0.15, 0.2) is 0 Å². The van der Waals surface area contributed by atoms with E-state index < -0.39 is 8.07 Å². The molecule has 0 radical (unpaired) electrons. The van der Waals surface area contributed by atoms with Crippen LogP contribution in [0.1, 0.15) is 20.8 Å². The lowest BCUT2D eigenvalue weighted by molar-refractivity contribution is 0.0960. The highest BCUT2D eigenvalue weighted by Gasteiger charge is 2.29. The van der Waals surface area contributed by atoms with Gasteiger partial charge in [0.05, 0.1) is 21.3 Å². The van der Waals surface area contributed by atoms with Gasteiger partial charge in [0.2, 0.25) is 0 Å². The predicted octanol–water partition coefficient (Wildman–Crippen LogP) is 3.89. The summed E-state index contributed by atoms with van der Waals surface area (Å²) in [5.74, 6) is 0. The van der Waals surface area contributed by atoms with E-state index in [2.05, 4.69) is 45.3 Å². The third kappa shape index (κ3) is 8.76. The highest BCUT2D eigenvalue weighted by Crippen LogP contribution is 2.33. The molecule has 4 heteroatoms. The Morgan fingerprint density at radius 1 is 1.10 bits per heavy atom. The van der Waals surface area contributed by atoms with Crippen molar-refractivity contribution in [1.29, 1.82) is 0 Å². The normalized spacial score (nSPS) is 13.0. The summed E-state index contributed by atoms with van der Waals surface area (Å²) in [4.78, 5) is 2.43. The maximum Gasteiger partial charge on any atom is 0.0589 e. The summed E-state index contributed by atoms with van der Waals surface area (Å²) >= 11 is 0. The Hall–Kier alpha value is -0.163. The molecule has 126 valence electrons. The number of nitrogens with zero attached hydrogens (tertiary/aromatic N) is 1. The molecular weight excluding hydrogens is 278 g/mol. The monoisotopic (exact) mass is 315 g/mol. The van der Waals surface area contributed by atoms with Gasteiger partial charge in [-0.1, -0.05) is 52.1 Å². The van der Waals surface area contributed by atoms with Crippen molar-refractivity contribution < 1.29 is 9.47 Å². The molecule has 0 aliphatic carbocycles. The number of hydrogen-bond donors (Lipinski definition) is 0. The fourth-order valence-electron chi connectivity index (χ4n) is 2.32. The molecule has 0 N–H and O–H groups in total. The molecule has 0 heterocycles. The fourth-order valence-corrected chi connectivity index (χ4v) is 4.21. The van der Waals surface area contributed by atoms with Gasteiger partial charge in [0, 0.05) is 33.9 Å². The van der Waals surface area contributed by atoms with E-state index >= 15 is 0 Å². The lowest BCUT2D eigenvalue weighted by atomic mass is 9.85. The van der Waals surface area contributed by atoms with Crippen LogP contribution in [0.3, 0.4) is 0 Å². The van der Waals surface area contributed by atoms with E-state index in [0.29, 0.717) is 0 Å². The second-order valence-corrected chi connectivity index (χ2v) is 12.8. The number of ether oxygens (including phenoxy) is 2.